The van der Waals surface area contributed by atoms with Gasteiger partial charge in [0.15, 0.2) is 6.10 Å². The van der Waals surface area contributed by atoms with Crippen LogP contribution in [0.2, 0.25) is 0 Å². The Morgan fingerprint density at radius 3 is 0.766 bits per heavy atom. The molecule has 0 rings (SSSR count). The number of esters is 3. The van der Waals surface area contributed by atoms with Gasteiger partial charge in [-0.25, -0.2) is 0 Å². The van der Waals surface area contributed by atoms with Crippen LogP contribution in [0, 0.1) is 5.92 Å². The maximum Gasteiger partial charge on any atom is 0.306 e. The highest BCUT2D eigenvalue weighted by Gasteiger charge is 2.19. The molecule has 0 saturated heterocycles. The number of unbranched alkanes of at least 4 members (excludes halogenated alkanes) is 40. The summed E-state index contributed by atoms with van der Waals surface area (Å²) in [5, 5.41) is 0. The normalized spacial score (nSPS) is 12.0. The number of hydrogen-bond acceptors (Lipinski definition) is 6. The third-order valence-electron chi connectivity index (χ3n) is 13.3. The van der Waals surface area contributed by atoms with E-state index in [1.54, 1.807) is 0 Å². The fraction of sp³-hybridized carbons (Fsp3) is 0.948. The Bertz CT molecular complexity index is 964. The Kier molecular flexibility index (Phi) is 51.1. The van der Waals surface area contributed by atoms with Crippen LogP contribution in [0.4, 0.5) is 0 Å². The van der Waals surface area contributed by atoms with E-state index in [0.29, 0.717) is 19.3 Å². The quantitative estimate of drug-likeness (QED) is 0.0344. The van der Waals surface area contributed by atoms with Gasteiger partial charge < -0.3 is 14.2 Å². The molecule has 0 aliphatic carbocycles. The molecule has 0 bridgehead atoms. The average molecular weight is 906 g/mol. The van der Waals surface area contributed by atoms with Gasteiger partial charge in [0.25, 0.3) is 0 Å². The van der Waals surface area contributed by atoms with E-state index in [2.05, 4.69) is 27.7 Å². The van der Waals surface area contributed by atoms with Gasteiger partial charge in [-0.05, 0) is 25.2 Å². The lowest BCUT2D eigenvalue weighted by Gasteiger charge is -2.18. The van der Waals surface area contributed by atoms with Gasteiger partial charge in [-0.3, -0.25) is 14.4 Å². The number of hydrogen-bond donors (Lipinski definition) is 0. The molecule has 0 unspecified atom stereocenters. The Hall–Kier alpha value is -1.59. The van der Waals surface area contributed by atoms with Crippen molar-refractivity contribution in [1.29, 1.82) is 0 Å². The van der Waals surface area contributed by atoms with E-state index in [0.717, 1.165) is 63.7 Å². The van der Waals surface area contributed by atoms with E-state index in [4.69, 9.17) is 14.2 Å². The highest BCUT2D eigenvalue weighted by molar-refractivity contribution is 5.71. The molecule has 0 fully saturated rings. The minimum Gasteiger partial charge on any atom is -0.462 e. The van der Waals surface area contributed by atoms with Crippen LogP contribution in [0.5, 0.6) is 0 Å². The van der Waals surface area contributed by atoms with E-state index in [-0.39, 0.29) is 31.1 Å². The summed E-state index contributed by atoms with van der Waals surface area (Å²) in [7, 11) is 0. The lowest BCUT2D eigenvalue weighted by molar-refractivity contribution is -0.167. The molecular weight excluding hydrogens is 793 g/mol. The van der Waals surface area contributed by atoms with Crippen LogP contribution in [0.25, 0.3) is 0 Å². The van der Waals surface area contributed by atoms with Gasteiger partial charge >= 0.3 is 17.9 Å². The van der Waals surface area contributed by atoms with Crippen molar-refractivity contribution in [2.24, 2.45) is 5.92 Å². The summed E-state index contributed by atoms with van der Waals surface area (Å²) in [5.74, 6) is -0.0424. The van der Waals surface area contributed by atoms with Gasteiger partial charge in [-0.1, -0.05) is 291 Å². The van der Waals surface area contributed by atoms with E-state index < -0.39 is 6.10 Å². The zero-order valence-electron chi connectivity index (χ0n) is 43.8. The topological polar surface area (TPSA) is 78.9 Å². The number of carbonyl (C=O) groups excluding carboxylic acids is 3. The largest absolute Gasteiger partial charge is 0.462 e. The van der Waals surface area contributed by atoms with Crippen LogP contribution in [-0.4, -0.2) is 37.2 Å². The van der Waals surface area contributed by atoms with Crippen molar-refractivity contribution in [3.05, 3.63) is 0 Å². The first-order chi connectivity index (χ1) is 31.4. The highest BCUT2D eigenvalue weighted by atomic mass is 16.6. The zero-order valence-corrected chi connectivity index (χ0v) is 43.8. The SMILES string of the molecule is CCCCCCCCCCCCCCCCCCCCCC(=O)OC[C@H](COC(=O)CCCCCCCCCCC(C)C)OC(=O)CCCCCCCCCCCCCCCCCC. The van der Waals surface area contributed by atoms with Crippen LogP contribution < -0.4 is 0 Å². The molecule has 64 heavy (non-hydrogen) atoms. The second-order valence-corrected chi connectivity index (χ2v) is 20.4. The molecular formula is C58H112O6. The van der Waals surface area contributed by atoms with Crippen molar-refractivity contribution in [2.75, 3.05) is 13.2 Å². The van der Waals surface area contributed by atoms with Crippen molar-refractivity contribution in [3.63, 3.8) is 0 Å². The molecule has 0 aromatic rings. The summed E-state index contributed by atoms with van der Waals surface area (Å²) < 4.78 is 16.9. The predicted molar refractivity (Wildman–Crippen MR) is 275 cm³/mol. The molecule has 0 aliphatic heterocycles. The summed E-state index contributed by atoms with van der Waals surface area (Å²) in [6.07, 6.45) is 56.7. The summed E-state index contributed by atoms with van der Waals surface area (Å²) in [5.41, 5.74) is 0. The van der Waals surface area contributed by atoms with Gasteiger partial charge in [0.2, 0.25) is 0 Å². The molecule has 0 aliphatic rings. The fourth-order valence-corrected chi connectivity index (χ4v) is 8.92. The molecule has 0 spiro atoms. The predicted octanol–water partition coefficient (Wildman–Crippen LogP) is 19.0. The third-order valence-corrected chi connectivity index (χ3v) is 13.3. The summed E-state index contributed by atoms with van der Waals surface area (Å²) in [6, 6.07) is 0. The van der Waals surface area contributed by atoms with E-state index >= 15 is 0 Å². The van der Waals surface area contributed by atoms with Gasteiger partial charge in [0, 0.05) is 19.3 Å². The summed E-state index contributed by atoms with van der Waals surface area (Å²) in [4.78, 5) is 38.1. The van der Waals surface area contributed by atoms with E-state index in [1.165, 1.54) is 225 Å². The van der Waals surface area contributed by atoms with Crippen molar-refractivity contribution < 1.29 is 28.6 Å². The second-order valence-electron chi connectivity index (χ2n) is 20.4. The molecule has 0 amide bonds. The Labute approximate surface area is 399 Å². The lowest BCUT2D eigenvalue weighted by Crippen LogP contribution is -2.30. The van der Waals surface area contributed by atoms with Crippen LogP contribution in [0.3, 0.4) is 0 Å². The monoisotopic (exact) mass is 905 g/mol. The first kappa shape index (κ1) is 62.4. The van der Waals surface area contributed by atoms with Crippen LogP contribution in [0.15, 0.2) is 0 Å². The molecule has 0 saturated carbocycles. The molecule has 0 heterocycles. The number of ether oxygens (including phenoxy) is 3. The summed E-state index contributed by atoms with van der Waals surface area (Å²) >= 11 is 0. The van der Waals surface area contributed by atoms with Crippen LogP contribution >= 0.6 is 0 Å². The lowest BCUT2D eigenvalue weighted by atomic mass is 10.0. The molecule has 0 aromatic carbocycles. The number of rotatable bonds is 53. The molecule has 0 aromatic heterocycles. The average Bonchev–Trinajstić information content (AvgIpc) is 3.28. The molecule has 6 nitrogen and oxygen atoms in total. The number of carbonyl (C=O) groups is 3. The first-order valence-corrected chi connectivity index (χ1v) is 28.9. The molecule has 380 valence electrons. The fourth-order valence-electron chi connectivity index (χ4n) is 8.92. The maximum absolute atomic E-state index is 12.8. The van der Waals surface area contributed by atoms with Crippen molar-refractivity contribution in [3.8, 4) is 0 Å². The zero-order chi connectivity index (χ0) is 46.7. The van der Waals surface area contributed by atoms with Crippen molar-refractivity contribution in [2.45, 2.75) is 336 Å². The molecule has 0 radical (unpaired) electrons. The molecule has 0 N–H and O–H groups in total. The minimum absolute atomic E-state index is 0.0624. The summed E-state index contributed by atoms with van der Waals surface area (Å²) in [6.45, 7) is 9.02. The Morgan fingerprint density at radius 2 is 0.516 bits per heavy atom. The van der Waals surface area contributed by atoms with Gasteiger partial charge in [-0.2, -0.15) is 0 Å². The van der Waals surface area contributed by atoms with Crippen molar-refractivity contribution in [1.82, 2.24) is 0 Å². The van der Waals surface area contributed by atoms with Gasteiger partial charge in [0.05, 0.1) is 0 Å². The van der Waals surface area contributed by atoms with E-state index in [1.807, 2.05) is 0 Å². The third kappa shape index (κ3) is 51.4. The van der Waals surface area contributed by atoms with Gasteiger partial charge in [-0.15, -0.1) is 0 Å². The minimum atomic E-state index is -0.762. The second kappa shape index (κ2) is 52.4. The standard InChI is InChI=1S/C58H112O6/c1-5-7-9-11-13-15-17-19-21-23-24-25-27-28-30-32-37-41-45-49-56(59)62-52-55(53-63-57(60)50-46-42-38-35-34-36-40-44-48-54(3)4)64-58(61)51-47-43-39-33-31-29-26-22-20-18-16-14-12-10-8-6-2/h54-55H,5-53H2,1-4H3/t55-/m1/s1. The van der Waals surface area contributed by atoms with Crippen molar-refractivity contribution >= 4 is 17.9 Å². The maximum atomic E-state index is 12.8. The Morgan fingerprint density at radius 1 is 0.297 bits per heavy atom. The van der Waals surface area contributed by atoms with E-state index in [9.17, 15) is 14.4 Å². The smallest absolute Gasteiger partial charge is 0.306 e. The molecule has 1 atom stereocenters. The Balaban J connectivity index is 4.25. The molecule has 6 heteroatoms. The van der Waals surface area contributed by atoms with Crippen LogP contribution in [0.1, 0.15) is 329 Å². The van der Waals surface area contributed by atoms with Gasteiger partial charge in [0.1, 0.15) is 13.2 Å². The highest BCUT2D eigenvalue weighted by Crippen LogP contribution is 2.18. The van der Waals surface area contributed by atoms with Crippen LogP contribution in [-0.2, 0) is 28.6 Å². The first-order valence-electron chi connectivity index (χ1n) is 28.9.